The number of rotatable bonds is 3. The second-order valence-electron chi connectivity index (χ2n) is 3.86. The monoisotopic (exact) mass is 233 g/mol. The molecule has 0 radical (unpaired) electrons. The molecular formula is C9H15NO2S2. The van der Waals surface area contributed by atoms with Crippen molar-refractivity contribution in [2.24, 2.45) is 5.73 Å². The number of hydrogen-bond donors (Lipinski definition) is 1. The van der Waals surface area contributed by atoms with Gasteiger partial charge in [0.05, 0.1) is 4.75 Å². The van der Waals surface area contributed by atoms with E-state index in [0.717, 1.165) is 5.56 Å². The van der Waals surface area contributed by atoms with E-state index in [0.29, 0.717) is 4.21 Å². The molecule has 0 bridgehead atoms. The molecule has 2 N–H and O–H groups in total. The van der Waals surface area contributed by atoms with Crippen LogP contribution in [-0.2, 0) is 9.84 Å². The first-order chi connectivity index (χ1) is 6.33. The van der Waals surface area contributed by atoms with Crippen molar-refractivity contribution in [3.8, 4) is 0 Å². The van der Waals surface area contributed by atoms with Crippen molar-refractivity contribution in [3.63, 3.8) is 0 Å². The molecule has 0 aromatic carbocycles. The zero-order valence-electron chi connectivity index (χ0n) is 8.57. The van der Waals surface area contributed by atoms with Crippen molar-refractivity contribution >= 4 is 21.2 Å². The molecule has 0 saturated heterocycles. The van der Waals surface area contributed by atoms with Crippen LogP contribution < -0.4 is 5.73 Å². The van der Waals surface area contributed by atoms with E-state index in [1.54, 1.807) is 26.2 Å². The van der Waals surface area contributed by atoms with Gasteiger partial charge in [-0.3, -0.25) is 0 Å². The Hall–Kier alpha value is -0.390. The normalized spacial score (nSPS) is 13.1. The minimum Gasteiger partial charge on any atom is -0.329 e. The molecule has 0 fully saturated rings. The van der Waals surface area contributed by atoms with Crippen molar-refractivity contribution in [3.05, 3.63) is 17.0 Å². The fourth-order valence-electron chi connectivity index (χ4n) is 0.995. The minimum absolute atomic E-state index is 0.132. The van der Waals surface area contributed by atoms with Gasteiger partial charge in [0, 0.05) is 6.54 Å². The average Bonchev–Trinajstić information content (AvgIpc) is 2.51. The lowest BCUT2D eigenvalue weighted by atomic mass is 10.2. The maximum Gasteiger partial charge on any atom is 0.194 e. The first-order valence-corrected chi connectivity index (χ1v) is 6.68. The van der Waals surface area contributed by atoms with E-state index in [1.807, 2.05) is 6.07 Å². The smallest absolute Gasteiger partial charge is 0.194 e. The van der Waals surface area contributed by atoms with Crippen molar-refractivity contribution in [2.75, 3.05) is 6.54 Å². The average molecular weight is 233 g/mol. The molecule has 1 aromatic rings. The third kappa shape index (κ3) is 1.71. The van der Waals surface area contributed by atoms with E-state index in [-0.39, 0.29) is 6.54 Å². The van der Waals surface area contributed by atoms with Gasteiger partial charge in [-0.05, 0) is 37.8 Å². The van der Waals surface area contributed by atoms with Gasteiger partial charge in [0.25, 0.3) is 0 Å². The third-order valence-corrected chi connectivity index (χ3v) is 6.47. The van der Waals surface area contributed by atoms with Gasteiger partial charge in [0.15, 0.2) is 9.84 Å². The van der Waals surface area contributed by atoms with E-state index in [9.17, 15) is 8.42 Å². The van der Waals surface area contributed by atoms with Gasteiger partial charge in [-0.2, -0.15) is 0 Å². The van der Waals surface area contributed by atoms with Gasteiger partial charge in [0.1, 0.15) is 4.21 Å². The molecule has 0 atom stereocenters. The lowest BCUT2D eigenvalue weighted by Crippen LogP contribution is -2.39. The van der Waals surface area contributed by atoms with Gasteiger partial charge in [-0.1, -0.05) is 0 Å². The lowest BCUT2D eigenvalue weighted by Gasteiger charge is -2.22. The van der Waals surface area contributed by atoms with Crippen molar-refractivity contribution in [2.45, 2.75) is 29.7 Å². The van der Waals surface area contributed by atoms with E-state index in [2.05, 4.69) is 0 Å². The second kappa shape index (κ2) is 3.64. The molecule has 3 nitrogen and oxygen atoms in total. The predicted octanol–water partition coefficient (Wildman–Crippen LogP) is 1.57. The molecule has 14 heavy (non-hydrogen) atoms. The van der Waals surface area contributed by atoms with Crippen LogP contribution in [0.15, 0.2) is 15.7 Å². The topological polar surface area (TPSA) is 60.2 Å². The Morgan fingerprint density at radius 3 is 2.43 bits per heavy atom. The van der Waals surface area contributed by atoms with Gasteiger partial charge < -0.3 is 5.73 Å². The highest BCUT2D eigenvalue weighted by Crippen LogP contribution is 2.30. The highest BCUT2D eigenvalue weighted by Gasteiger charge is 2.36. The zero-order valence-corrected chi connectivity index (χ0v) is 10.2. The highest BCUT2D eigenvalue weighted by atomic mass is 32.2. The van der Waals surface area contributed by atoms with Crippen molar-refractivity contribution in [1.82, 2.24) is 0 Å². The Kier molecular flexibility index (Phi) is 3.04. The number of sulfone groups is 1. The zero-order chi connectivity index (χ0) is 11.0. The molecule has 0 amide bonds. The summed E-state index contributed by atoms with van der Waals surface area (Å²) in [6.07, 6.45) is 0. The second-order valence-corrected chi connectivity index (χ2v) is 7.55. The molecule has 80 valence electrons. The Bertz CT molecular complexity index is 418. The maximum atomic E-state index is 12.1. The molecule has 0 spiro atoms. The number of thiophene rings is 1. The molecule has 1 aromatic heterocycles. The van der Waals surface area contributed by atoms with Crippen LogP contribution in [0.4, 0.5) is 0 Å². The summed E-state index contributed by atoms with van der Waals surface area (Å²) < 4.78 is 23.7. The third-order valence-electron chi connectivity index (χ3n) is 2.28. The number of aryl methyl sites for hydroxylation is 1. The number of hydrogen-bond acceptors (Lipinski definition) is 4. The van der Waals surface area contributed by atoms with Gasteiger partial charge in [-0.15, -0.1) is 11.3 Å². The Morgan fingerprint density at radius 2 is 2.07 bits per heavy atom. The Morgan fingerprint density at radius 1 is 1.50 bits per heavy atom. The van der Waals surface area contributed by atoms with Crippen LogP contribution in [0.5, 0.6) is 0 Å². The molecule has 1 rings (SSSR count). The summed E-state index contributed by atoms with van der Waals surface area (Å²) in [6.45, 7) is 5.24. The summed E-state index contributed by atoms with van der Waals surface area (Å²) in [6, 6.07) is 1.81. The van der Waals surface area contributed by atoms with Crippen LogP contribution in [0, 0.1) is 6.92 Å². The summed E-state index contributed by atoms with van der Waals surface area (Å²) in [4.78, 5) is 0. The van der Waals surface area contributed by atoms with Crippen LogP contribution in [-0.4, -0.2) is 19.7 Å². The molecular weight excluding hydrogens is 218 g/mol. The van der Waals surface area contributed by atoms with E-state index in [1.165, 1.54) is 11.3 Å². The van der Waals surface area contributed by atoms with Crippen LogP contribution >= 0.6 is 11.3 Å². The highest BCUT2D eigenvalue weighted by molar-refractivity contribution is 7.94. The van der Waals surface area contributed by atoms with Gasteiger partial charge in [0.2, 0.25) is 0 Å². The Balaban J connectivity index is 3.30. The van der Waals surface area contributed by atoms with Gasteiger partial charge >= 0.3 is 0 Å². The summed E-state index contributed by atoms with van der Waals surface area (Å²) in [7, 11) is -3.28. The molecule has 0 unspecified atom stereocenters. The minimum atomic E-state index is -3.28. The summed E-state index contributed by atoms with van der Waals surface area (Å²) in [5, 5.41) is 1.79. The van der Waals surface area contributed by atoms with E-state index < -0.39 is 14.6 Å². The predicted molar refractivity (Wildman–Crippen MR) is 59.4 cm³/mol. The van der Waals surface area contributed by atoms with Crippen LogP contribution in [0.1, 0.15) is 19.4 Å². The summed E-state index contributed by atoms with van der Waals surface area (Å²) in [5.41, 5.74) is 6.28. The number of nitrogens with two attached hydrogens (primary N) is 1. The van der Waals surface area contributed by atoms with E-state index >= 15 is 0 Å². The van der Waals surface area contributed by atoms with Crippen LogP contribution in [0.3, 0.4) is 0 Å². The largest absolute Gasteiger partial charge is 0.329 e. The summed E-state index contributed by atoms with van der Waals surface area (Å²) >= 11 is 1.26. The molecule has 0 saturated carbocycles. The first-order valence-electron chi connectivity index (χ1n) is 4.32. The maximum absolute atomic E-state index is 12.1. The standard InChI is InChI=1S/C9H15NO2S2/c1-7-4-5-13-8(7)14(11,12)9(2,3)6-10/h4-5H,6,10H2,1-3H3. The SMILES string of the molecule is Cc1ccsc1S(=O)(=O)C(C)(C)CN. The molecule has 0 aliphatic carbocycles. The Labute approximate surface area is 88.9 Å². The lowest BCUT2D eigenvalue weighted by molar-refractivity contribution is 0.550. The summed E-state index contributed by atoms with van der Waals surface area (Å²) in [5.74, 6) is 0. The molecule has 1 heterocycles. The first kappa shape index (κ1) is 11.7. The van der Waals surface area contributed by atoms with Crippen LogP contribution in [0.25, 0.3) is 0 Å². The van der Waals surface area contributed by atoms with Crippen molar-refractivity contribution in [1.29, 1.82) is 0 Å². The van der Waals surface area contributed by atoms with Gasteiger partial charge in [-0.25, -0.2) is 8.42 Å². The molecule has 5 heteroatoms. The quantitative estimate of drug-likeness (QED) is 0.862. The fraction of sp³-hybridized carbons (Fsp3) is 0.556. The van der Waals surface area contributed by atoms with Crippen LogP contribution in [0.2, 0.25) is 0 Å². The molecule has 0 aliphatic rings. The fourth-order valence-corrected chi connectivity index (χ4v) is 4.21. The molecule has 0 aliphatic heterocycles. The van der Waals surface area contributed by atoms with Crippen molar-refractivity contribution < 1.29 is 8.42 Å². The van der Waals surface area contributed by atoms with E-state index in [4.69, 9.17) is 5.73 Å².